The SMILES string of the molecule is CC(C)(C)c1ccc(S(=O)(=O)CCN=C(N)Nc2ccccc2)cc1.I. The quantitative estimate of drug-likeness (QED) is 0.382. The molecule has 142 valence electrons. The monoisotopic (exact) mass is 487 g/mol. The minimum atomic E-state index is -3.38. The van der Waals surface area contributed by atoms with Gasteiger partial charge in [-0.25, -0.2) is 8.42 Å². The molecular weight excluding hydrogens is 461 g/mol. The van der Waals surface area contributed by atoms with E-state index in [-0.39, 0.29) is 47.6 Å². The Balaban J connectivity index is 0.00000338. The Morgan fingerprint density at radius 2 is 1.62 bits per heavy atom. The first-order valence-electron chi connectivity index (χ1n) is 8.14. The van der Waals surface area contributed by atoms with Gasteiger partial charge in [-0.2, -0.15) is 0 Å². The Morgan fingerprint density at radius 1 is 1.04 bits per heavy atom. The van der Waals surface area contributed by atoms with Crippen molar-refractivity contribution in [1.29, 1.82) is 0 Å². The predicted octanol–water partition coefficient (Wildman–Crippen LogP) is 3.80. The van der Waals surface area contributed by atoms with E-state index in [2.05, 4.69) is 31.1 Å². The van der Waals surface area contributed by atoms with Crippen LogP contribution in [0.15, 0.2) is 64.5 Å². The second-order valence-corrected chi connectivity index (χ2v) is 8.96. The average Bonchev–Trinajstić information content (AvgIpc) is 2.55. The van der Waals surface area contributed by atoms with E-state index in [1.54, 1.807) is 12.1 Å². The molecule has 2 aromatic carbocycles. The van der Waals surface area contributed by atoms with Crippen molar-refractivity contribution in [2.45, 2.75) is 31.1 Å². The van der Waals surface area contributed by atoms with Gasteiger partial charge in [0.25, 0.3) is 0 Å². The molecule has 7 heteroatoms. The number of halogens is 1. The average molecular weight is 487 g/mol. The van der Waals surface area contributed by atoms with Crippen molar-refractivity contribution < 1.29 is 8.42 Å². The molecule has 0 aliphatic carbocycles. The summed E-state index contributed by atoms with van der Waals surface area (Å²) in [5.41, 5.74) is 7.68. The molecule has 0 fully saturated rings. The van der Waals surface area contributed by atoms with Crippen molar-refractivity contribution in [3.63, 3.8) is 0 Å². The number of aliphatic imine (C=N–C) groups is 1. The highest BCUT2D eigenvalue weighted by Crippen LogP contribution is 2.23. The molecule has 0 heterocycles. The summed E-state index contributed by atoms with van der Waals surface area (Å²) in [5, 5.41) is 2.92. The van der Waals surface area contributed by atoms with Crippen molar-refractivity contribution in [2.24, 2.45) is 10.7 Å². The lowest BCUT2D eigenvalue weighted by atomic mass is 9.87. The van der Waals surface area contributed by atoms with Crippen LogP contribution in [0, 0.1) is 0 Å². The lowest BCUT2D eigenvalue weighted by Crippen LogP contribution is -2.23. The van der Waals surface area contributed by atoms with Crippen LogP contribution in [0.2, 0.25) is 0 Å². The fourth-order valence-electron chi connectivity index (χ4n) is 2.28. The molecule has 0 bridgehead atoms. The van der Waals surface area contributed by atoms with Gasteiger partial charge >= 0.3 is 0 Å². The van der Waals surface area contributed by atoms with Crippen molar-refractivity contribution >= 4 is 45.5 Å². The maximum absolute atomic E-state index is 12.4. The van der Waals surface area contributed by atoms with E-state index in [1.165, 1.54) is 0 Å². The molecule has 0 amide bonds. The smallest absolute Gasteiger partial charge is 0.193 e. The number of sulfone groups is 1. The summed E-state index contributed by atoms with van der Waals surface area (Å²) in [5.74, 6) is 0.114. The van der Waals surface area contributed by atoms with Crippen LogP contribution in [0.25, 0.3) is 0 Å². The van der Waals surface area contributed by atoms with Crippen LogP contribution in [-0.4, -0.2) is 26.7 Å². The summed E-state index contributed by atoms with van der Waals surface area (Å²) in [7, 11) is -3.38. The molecule has 0 atom stereocenters. The number of nitrogens with two attached hydrogens (primary N) is 1. The predicted molar refractivity (Wildman–Crippen MR) is 119 cm³/mol. The van der Waals surface area contributed by atoms with Gasteiger partial charge in [0.05, 0.1) is 17.2 Å². The van der Waals surface area contributed by atoms with Crippen molar-refractivity contribution in [3.05, 3.63) is 60.2 Å². The third-order valence-corrected chi connectivity index (χ3v) is 5.48. The largest absolute Gasteiger partial charge is 0.370 e. The number of para-hydroxylation sites is 1. The first-order valence-corrected chi connectivity index (χ1v) is 9.79. The molecule has 3 N–H and O–H groups in total. The number of nitrogens with zero attached hydrogens (tertiary/aromatic N) is 1. The molecule has 0 unspecified atom stereocenters. The van der Waals surface area contributed by atoms with Crippen LogP contribution in [-0.2, 0) is 15.3 Å². The van der Waals surface area contributed by atoms with E-state index in [9.17, 15) is 8.42 Å². The van der Waals surface area contributed by atoms with Gasteiger partial charge in [0.15, 0.2) is 15.8 Å². The van der Waals surface area contributed by atoms with Crippen LogP contribution in [0.5, 0.6) is 0 Å². The van der Waals surface area contributed by atoms with Gasteiger partial charge in [0.2, 0.25) is 0 Å². The molecule has 0 radical (unpaired) electrons. The molecule has 0 aliphatic heterocycles. The topological polar surface area (TPSA) is 84.5 Å². The standard InChI is InChI=1S/C19H25N3O2S.HI/c1-19(2,3)15-9-11-17(12-10-15)25(23,24)14-13-21-18(20)22-16-7-5-4-6-8-16;/h4-12H,13-14H2,1-3H3,(H3,20,21,22);1H. The maximum atomic E-state index is 12.4. The summed E-state index contributed by atoms with van der Waals surface area (Å²) in [6.45, 7) is 6.38. The molecule has 0 saturated heterocycles. The van der Waals surface area contributed by atoms with E-state index in [4.69, 9.17) is 5.73 Å². The molecule has 2 aromatic rings. The molecule has 5 nitrogen and oxygen atoms in total. The normalized spacial score (nSPS) is 12.3. The fraction of sp³-hybridized carbons (Fsp3) is 0.316. The van der Waals surface area contributed by atoms with E-state index in [1.807, 2.05) is 42.5 Å². The number of anilines is 1. The van der Waals surface area contributed by atoms with Gasteiger partial charge in [0.1, 0.15) is 0 Å². The fourth-order valence-corrected chi connectivity index (χ4v) is 3.39. The van der Waals surface area contributed by atoms with E-state index >= 15 is 0 Å². The number of nitrogens with one attached hydrogen (secondary N) is 1. The highest BCUT2D eigenvalue weighted by atomic mass is 127. The number of hydrogen-bond acceptors (Lipinski definition) is 3. The van der Waals surface area contributed by atoms with Gasteiger partial charge in [0, 0.05) is 5.69 Å². The van der Waals surface area contributed by atoms with Gasteiger partial charge < -0.3 is 11.1 Å². The number of benzene rings is 2. The van der Waals surface area contributed by atoms with Gasteiger partial charge in [-0.1, -0.05) is 51.1 Å². The van der Waals surface area contributed by atoms with Crippen LogP contribution >= 0.6 is 24.0 Å². The second-order valence-electron chi connectivity index (χ2n) is 6.85. The molecule has 0 spiro atoms. The van der Waals surface area contributed by atoms with E-state index in [0.717, 1.165) is 11.3 Å². The van der Waals surface area contributed by atoms with Gasteiger partial charge in [-0.05, 0) is 35.2 Å². The number of hydrogen-bond donors (Lipinski definition) is 2. The third-order valence-electron chi connectivity index (χ3n) is 3.77. The van der Waals surface area contributed by atoms with Crippen LogP contribution in [0.4, 0.5) is 5.69 Å². The summed E-state index contributed by atoms with van der Waals surface area (Å²) >= 11 is 0. The van der Waals surface area contributed by atoms with Gasteiger partial charge in [-0.3, -0.25) is 4.99 Å². The lowest BCUT2D eigenvalue weighted by molar-refractivity contribution is 0.586. The third kappa shape index (κ3) is 6.60. The summed E-state index contributed by atoms with van der Waals surface area (Å²) in [4.78, 5) is 4.40. The molecule has 0 aliphatic rings. The van der Waals surface area contributed by atoms with Crippen molar-refractivity contribution in [3.8, 4) is 0 Å². The zero-order chi connectivity index (χ0) is 18.5. The molecular formula is C19H26IN3O2S. The summed E-state index contributed by atoms with van der Waals surface area (Å²) < 4.78 is 24.8. The first-order chi connectivity index (χ1) is 11.7. The van der Waals surface area contributed by atoms with Crippen LogP contribution in [0.3, 0.4) is 0 Å². The maximum Gasteiger partial charge on any atom is 0.193 e. The Labute approximate surface area is 173 Å². The number of guanidine groups is 1. The Kier molecular flexibility index (Phi) is 8.08. The second kappa shape index (κ2) is 9.36. The molecule has 2 rings (SSSR count). The minimum Gasteiger partial charge on any atom is -0.370 e. The molecule has 26 heavy (non-hydrogen) atoms. The van der Waals surface area contributed by atoms with E-state index in [0.29, 0.717) is 4.90 Å². The van der Waals surface area contributed by atoms with Crippen molar-refractivity contribution in [1.82, 2.24) is 0 Å². The summed E-state index contributed by atoms with van der Waals surface area (Å²) in [6, 6.07) is 16.4. The molecule has 0 aromatic heterocycles. The van der Waals surface area contributed by atoms with Crippen LogP contribution < -0.4 is 11.1 Å². The number of rotatable bonds is 5. The highest BCUT2D eigenvalue weighted by Gasteiger charge is 2.17. The van der Waals surface area contributed by atoms with Gasteiger partial charge in [-0.15, -0.1) is 24.0 Å². The zero-order valence-electron chi connectivity index (χ0n) is 15.3. The Hall–Kier alpha value is -1.61. The Bertz CT molecular complexity index is 827. The highest BCUT2D eigenvalue weighted by molar-refractivity contribution is 14.0. The van der Waals surface area contributed by atoms with Crippen molar-refractivity contribution in [2.75, 3.05) is 17.6 Å². The minimum absolute atomic E-state index is 0. The zero-order valence-corrected chi connectivity index (χ0v) is 18.4. The van der Waals surface area contributed by atoms with E-state index < -0.39 is 9.84 Å². The summed E-state index contributed by atoms with van der Waals surface area (Å²) in [6.07, 6.45) is 0. The first kappa shape index (κ1) is 22.4. The lowest BCUT2D eigenvalue weighted by Gasteiger charge is -2.19. The Morgan fingerprint density at radius 3 is 2.15 bits per heavy atom. The van der Waals surface area contributed by atoms with Crippen LogP contribution in [0.1, 0.15) is 26.3 Å². The molecule has 0 saturated carbocycles.